The monoisotopic (exact) mass is 382 g/mol. The Morgan fingerprint density at radius 1 is 1.07 bits per heavy atom. The average Bonchev–Trinajstić information content (AvgIpc) is 2.67. The number of fused-ring (bicyclic) bond motifs is 1. The van der Waals surface area contributed by atoms with Gasteiger partial charge in [-0.05, 0) is 43.2 Å². The van der Waals surface area contributed by atoms with Gasteiger partial charge < -0.3 is 11.1 Å². The van der Waals surface area contributed by atoms with Crippen LogP contribution in [0.1, 0.15) is 32.4 Å². The summed E-state index contributed by atoms with van der Waals surface area (Å²) in [6.07, 6.45) is 0. The van der Waals surface area contributed by atoms with Crippen molar-refractivity contribution in [3.63, 3.8) is 0 Å². The quantitative estimate of drug-likeness (QED) is 0.800. The Kier molecular flexibility index (Phi) is 6.01. The molecule has 0 aliphatic carbocycles. The van der Waals surface area contributed by atoms with Crippen LogP contribution in [0.4, 0.5) is 0 Å². The van der Waals surface area contributed by atoms with Gasteiger partial charge >= 0.3 is 0 Å². The summed E-state index contributed by atoms with van der Waals surface area (Å²) in [4.78, 5) is 28.3. The zero-order valence-electron chi connectivity index (χ0n) is 16.9. The number of amides is 2. The van der Waals surface area contributed by atoms with Crippen molar-refractivity contribution in [3.8, 4) is 0 Å². The summed E-state index contributed by atoms with van der Waals surface area (Å²) in [5, 5.41) is 5.47. The molecule has 1 aliphatic rings. The van der Waals surface area contributed by atoms with Gasteiger partial charge in [0.05, 0.1) is 18.1 Å². The van der Waals surface area contributed by atoms with Gasteiger partial charge in [0.15, 0.2) is 0 Å². The van der Waals surface area contributed by atoms with Gasteiger partial charge in [0, 0.05) is 26.2 Å². The van der Waals surface area contributed by atoms with Crippen LogP contribution < -0.4 is 11.1 Å². The highest BCUT2D eigenvalue weighted by Gasteiger charge is 2.34. The molecule has 0 spiro atoms. The molecule has 2 amide bonds. The van der Waals surface area contributed by atoms with E-state index in [1.807, 2.05) is 32.9 Å². The molecule has 2 aromatic rings. The van der Waals surface area contributed by atoms with Crippen molar-refractivity contribution in [1.29, 1.82) is 0 Å². The van der Waals surface area contributed by atoms with Crippen molar-refractivity contribution < 1.29 is 9.59 Å². The molecule has 1 unspecified atom stereocenters. The number of nitrogens with two attached hydrogens (primary N) is 1. The lowest BCUT2D eigenvalue weighted by Gasteiger charge is -2.42. The van der Waals surface area contributed by atoms with Crippen LogP contribution in [0.3, 0.4) is 0 Å². The molecule has 3 N–H and O–H groups in total. The highest BCUT2D eigenvalue weighted by Crippen LogP contribution is 2.20. The van der Waals surface area contributed by atoms with E-state index >= 15 is 0 Å². The lowest BCUT2D eigenvalue weighted by molar-refractivity contribution is -0.130. The van der Waals surface area contributed by atoms with Gasteiger partial charge in [0.25, 0.3) is 0 Å². The molecule has 0 bridgehead atoms. The van der Waals surface area contributed by atoms with Crippen LogP contribution in [-0.2, 0) is 9.59 Å². The van der Waals surface area contributed by atoms with Crippen LogP contribution in [0.15, 0.2) is 42.5 Å². The maximum atomic E-state index is 12.5. The second-order valence-electron chi connectivity index (χ2n) is 8.08. The van der Waals surface area contributed by atoms with E-state index in [1.165, 1.54) is 10.8 Å². The lowest BCUT2D eigenvalue weighted by atomic mass is 10.0. The molecule has 1 atom stereocenters. The molecular formula is C22H30N4O2. The average molecular weight is 383 g/mol. The number of carbonyl (C=O) groups excluding carboxylic acids is 2. The fraction of sp³-hybridized carbons (Fsp3) is 0.455. The van der Waals surface area contributed by atoms with E-state index in [4.69, 9.17) is 5.73 Å². The lowest BCUT2D eigenvalue weighted by Crippen LogP contribution is -2.60. The van der Waals surface area contributed by atoms with Crippen molar-refractivity contribution in [2.24, 2.45) is 5.73 Å². The molecule has 6 nitrogen and oxygen atoms in total. The first kappa shape index (κ1) is 20.3. The minimum atomic E-state index is -0.654. The van der Waals surface area contributed by atoms with Crippen LogP contribution >= 0.6 is 0 Å². The van der Waals surface area contributed by atoms with Crippen LogP contribution in [0.2, 0.25) is 0 Å². The smallest absolute Gasteiger partial charge is 0.237 e. The first-order valence-electron chi connectivity index (χ1n) is 9.83. The minimum Gasteiger partial charge on any atom is -0.368 e. The minimum absolute atomic E-state index is 0.0169. The number of hydrogen-bond donors (Lipinski definition) is 2. The molecule has 1 saturated heterocycles. The molecule has 0 saturated carbocycles. The number of benzene rings is 2. The number of nitrogens with zero attached hydrogens (tertiary/aromatic N) is 2. The second-order valence-corrected chi connectivity index (χ2v) is 8.08. The highest BCUT2D eigenvalue weighted by atomic mass is 16.2. The predicted molar refractivity (Wildman–Crippen MR) is 112 cm³/mol. The Balaban J connectivity index is 1.52. The summed E-state index contributed by atoms with van der Waals surface area (Å²) in [5.74, 6) is -0.300. The standard InChI is InChI=1S/C22H30N4O2/c1-16(18-9-8-17-6-4-5-7-19(17)14-18)24-20(27)15-25-10-12-26(13-11-25)22(2,3)21(23)28/h4-9,14,16H,10-13,15H2,1-3H3,(H2,23,28)(H,24,27). The molecule has 3 rings (SSSR count). The maximum absolute atomic E-state index is 12.5. The zero-order chi connectivity index (χ0) is 20.3. The molecule has 1 fully saturated rings. The van der Waals surface area contributed by atoms with E-state index in [0.29, 0.717) is 6.54 Å². The highest BCUT2D eigenvalue weighted by molar-refractivity contribution is 5.84. The van der Waals surface area contributed by atoms with Crippen molar-refractivity contribution in [1.82, 2.24) is 15.1 Å². The van der Waals surface area contributed by atoms with Crippen LogP contribution in [-0.4, -0.2) is 59.9 Å². The van der Waals surface area contributed by atoms with Gasteiger partial charge in [-0.25, -0.2) is 0 Å². The third-order valence-corrected chi connectivity index (χ3v) is 5.78. The SMILES string of the molecule is CC(NC(=O)CN1CCN(C(C)(C)C(N)=O)CC1)c1ccc2ccccc2c1. The summed E-state index contributed by atoms with van der Waals surface area (Å²) < 4.78 is 0. The number of piperazine rings is 1. The number of primary amides is 1. The van der Waals surface area contributed by atoms with Gasteiger partial charge in [-0.2, -0.15) is 0 Å². The first-order chi connectivity index (χ1) is 13.3. The Labute approximate surface area is 166 Å². The van der Waals surface area contributed by atoms with E-state index in [-0.39, 0.29) is 17.9 Å². The van der Waals surface area contributed by atoms with Gasteiger partial charge in [-0.1, -0.05) is 36.4 Å². The first-order valence-corrected chi connectivity index (χ1v) is 9.83. The largest absolute Gasteiger partial charge is 0.368 e. The molecule has 2 aromatic carbocycles. The van der Waals surface area contributed by atoms with Crippen molar-refractivity contribution in [2.75, 3.05) is 32.7 Å². The Morgan fingerprint density at radius 3 is 2.36 bits per heavy atom. The molecule has 1 aliphatic heterocycles. The molecule has 0 radical (unpaired) electrons. The van der Waals surface area contributed by atoms with E-state index in [9.17, 15) is 9.59 Å². The number of carbonyl (C=O) groups is 2. The third-order valence-electron chi connectivity index (χ3n) is 5.78. The Hall–Kier alpha value is -2.44. The van der Waals surface area contributed by atoms with E-state index in [1.54, 1.807) is 0 Å². The van der Waals surface area contributed by atoms with Gasteiger partial charge in [0.2, 0.25) is 11.8 Å². The number of nitrogens with one attached hydrogen (secondary N) is 1. The maximum Gasteiger partial charge on any atom is 0.237 e. The van der Waals surface area contributed by atoms with Crippen molar-refractivity contribution in [2.45, 2.75) is 32.4 Å². The molecule has 150 valence electrons. The summed E-state index contributed by atoms with van der Waals surface area (Å²) in [6.45, 7) is 9.01. The molecule has 28 heavy (non-hydrogen) atoms. The molecule has 1 heterocycles. The summed E-state index contributed by atoms with van der Waals surface area (Å²) in [6, 6.07) is 14.5. The number of rotatable bonds is 6. The molecular weight excluding hydrogens is 352 g/mol. The van der Waals surface area contributed by atoms with Crippen LogP contribution in [0.25, 0.3) is 10.8 Å². The third kappa shape index (κ3) is 4.51. The van der Waals surface area contributed by atoms with E-state index < -0.39 is 5.54 Å². The van der Waals surface area contributed by atoms with Gasteiger partial charge in [0.1, 0.15) is 0 Å². The van der Waals surface area contributed by atoms with Crippen LogP contribution in [0, 0.1) is 0 Å². The predicted octanol–water partition coefficient (Wildman–Crippen LogP) is 1.90. The molecule has 6 heteroatoms. The Morgan fingerprint density at radius 2 is 1.71 bits per heavy atom. The normalized spacial score (nSPS) is 17.4. The Bertz CT molecular complexity index is 856. The fourth-order valence-corrected chi connectivity index (χ4v) is 3.67. The van der Waals surface area contributed by atoms with Crippen LogP contribution in [0.5, 0.6) is 0 Å². The number of hydrogen-bond acceptors (Lipinski definition) is 4. The topological polar surface area (TPSA) is 78.7 Å². The second kappa shape index (κ2) is 8.29. The van der Waals surface area contributed by atoms with E-state index in [2.05, 4.69) is 45.4 Å². The fourth-order valence-electron chi connectivity index (χ4n) is 3.67. The van der Waals surface area contributed by atoms with E-state index in [0.717, 1.165) is 31.7 Å². The zero-order valence-corrected chi connectivity index (χ0v) is 16.9. The van der Waals surface area contributed by atoms with Crippen molar-refractivity contribution >= 4 is 22.6 Å². The van der Waals surface area contributed by atoms with Gasteiger partial charge in [-0.15, -0.1) is 0 Å². The summed E-state index contributed by atoms with van der Waals surface area (Å²) in [7, 11) is 0. The molecule has 0 aromatic heterocycles. The van der Waals surface area contributed by atoms with Gasteiger partial charge in [-0.3, -0.25) is 19.4 Å². The van der Waals surface area contributed by atoms with Crippen molar-refractivity contribution in [3.05, 3.63) is 48.0 Å². The summed E-state index contributed by atoms with van der Waals surface area (Å²) in [5.41, 5.74) is 5.95. The summed E-state index contributed by atoms with van der Waals surface area (Å²) >= 11 is 0.